The van der Waals surface area contributed by atoms with Gasteiger partial charge in [-0.25, -0.2) is 0 Å². The summed E-state index contributed by atoms with van der Waals surface area (Å²) in [5, 5.41) is 10.8. The molecule has 0 aliphatic heterocycles. The van der Waals surface area contributed by atoms with Crippen LogP contribution in [0.5, 0.6) is 5.75 Å². The van der Waals surface area contributed by atoms with Crippen LogP contribution < -0.4 is 0 Å². The first kappa shape index (κ1) is 20.5. The Labute approximate surface area is 179 Å². The first-order valence-corrected chi connectivity index (χ1v) is 9.91. The van der Waals surface area contributed by atoms with Crippen LogP contribution in [0.25, 0.3) is 11.0 Å². The Balaban J connectivity index is 0.00000225. The molecule has 0 saturated heterocycles. The molecule has 3 nitrogen and oxygen atoms in total. The molecule has 0 fully saturated rings. The number of furan rings is 1. The van der Waals surface area contributed by atoms with Gasteiger partial charge in [-0.15, -0.1) is 12.4 Å². The average Bonchev–Trinajstić information content (AvgIpc) is 2.95. The van der Waals surface area contributed by atoms with E-state index >= 15 is 0 Å². The summed E-state index contributed by atoms with van der Waals surface area (Å²) in [5.74, 6) is 0.916. The number of hydrogen-bond acceptors (Lipinski definition) is 3. The van der Waals surface area contributed by atoms with E-state index in [1.807, 2.05) is 69.4 Å². The molecule has 0 atom stereocenters. The van der Waals surface area contributed by atoms with Gasteiger partial charge in [0.1, 0.15) is 17.1 Å². The van der Waals surface area contributed by atoms with Crippen molar-refractivity contribution in [3.05, 3.63) is 60.4 Å². The minimum Gasteiger partial charge on any atom is -0.506 e. The van der Waals surface area contributed by atoms with E-state index in [4.69, 9.17) is 4.42 Å². The average molecular weight is 583 g/mol. The fraction of sp³-hybridized carbons (Fsp3) is 0.211. The van der Waals surface area contributed by atoms with Crippen LogP contribution in [0.2, 0.25) is 0 Å². The smallest absolute Gasteiger partial charge is 0.197 e. The molecule has 25 heavy (non-hydrogen) atoms. The van der Waals surface area contributed by atoms with Crippen molar-refractivity contribution in [2.75, 3.05) is 0 Å². The largest absolute Gasteiger partial charge is 0.506 e. The molecule has 0 amide bonds. The number of carbonyl (C=O) groups is 1. The summed E-state index contributed by atoms with van der Waals surface area (Å²) in [7, 11) is 0. The number of ketones is 1. The zero-order valence-corrected chi connectivity index (χ0v) is 18.6. The van der Waals surface area contributed by atoms with Gasteiger partial charge in [-0.1, -0.05) is 31.5 Å². The van der Waals surface area contributed by atoms with Crippen LogP contribution in [-0.2, 0) is 6.42 Å². The van der Waals surface area contributed by atoms with E-state index in [0.29, 0.717) is 18.3 Å². The van der Waals surface area contributed by atoms with Crippen molar-refractivity contribution < 1.29 is 14.3 Å². The van der Waals surface area contributed by atoms with Crippen LogP contribution in [0.1, 0.15) is 41.4 Å². The van der Waals surface area contributed by atoms with Crippen molar-refractivity contribution >= 4 is 74.3 Å². The summed E-state index contributed by atoms with van der Waals surface area (Å²) in [4.78, 5) is 13.2. The molecule has 0 unspecified atom stereocenters. The number of hydrogen-bond donors (Lipinski definition) is 1. The van der Waals surface area contributed by atoms with Crippen LogP contribution in [0, 0.1) is 7.14 Å². The summed E-state index contributed by atoms with van der Waals surface area (Å²) >= 11 is 4.09. The Hall–Kier alpha value is -0.800. The predicted octanol–water partition coefficient (Wildman–Crippen LogP) is 6.34. The van der Waals surface area contributed by atoms with Crippen molar-refractivity contribution in [3.8, 4) is 5.75 Å². The van der Waals surface area contributed by atoms with Crippen LogP contribution >= 0.6 is 57.6 Å². The number of carbonyl (C=O) groups excluding carboxylic acids is 1. The van der Waals surface area contributed by atoms with E-state index in [1.54, 1.807) is 12.1 Å². The number of rotatable bonds is 5. The minimum atomic E-state index is -0.0538. The third-order valence-corrected chi connectivity index (χ3v) is 5.58. The molecular formula is C19H17ClI2O3. The molecule has 6 heteroatoms. The third-order valence-electron chi connectivity index (χ3n) is 3.93. The monoisotopic (exact) mass is 582 g/mol. The van der Waals surface area contributed by atoms with Crippen molar-refractivity contribution in [1.29, 1.82) is 0 Å². The molecule has 0 aliphatic carbocycles. The van der Waals surface area contributed by atoms with Gasteiger partial charge in [0.2, 0.25) is 0 Å². The molecule has 2 aromatic carbocycles. The van der Waals surface area contributed by atoms with Crippen molar-refractivity contribution in [2.45, 2.75) is 26.2 Å². The lowest BCUT2D eigenvalue weighted by Gasteiger charge is -2.06. The Morgan fingerprint density at radius 1 is 1.16 bits per heavy atom. The van der Waals surface area contributed by atoms with Crippen molar-refractivity contribution in [1.82, 2.24) is 0 Å². The molecular weight excluding hydrogens is 565 g/mol. The lowest BCUT2D eigenvalue weighted by atomic mass is 9.98. The number of benzene rings is 2. The summed E-state index contributed by atoms with van der Waals surface area (Å²) in [5.41, 5.74) is 1.97. The Morgan fingerprint density at radius 2 is 1.80 bits per heavy atom. The summed E-state index contributed by atoms with van der Waals surface area (Å²) in [6.45, 7) is 2.12. The Bertz CT molecular complexity index is 895. The van der Waals surface area contributed by atoms with Gasteiger partial charge in [-0.3, -0.25) is 4.79 Å². The second-order valence-corrected chi connectivity index (χ2v) is 7.94. The highest BCUT2D eigenvalue weighted by atomic mass is 127. The highest BCUT2D eigenvalue weighted by Crippen LogP contribution is 2.32. The van der Waals surface area contributed by atoms with Gasteiger partial charge in [0.05, 0.1) is 12.7 Å². The van der Waals surface area contributed by atoms with E-state index in [0.717, 1.165) is 36.0 Å². The maximum absolute atomic E-state index is 13.2. The standard InChI is InChI=1S/C19H16I2O3.ClH/c1-2-3-7-16-17(12-6-4-5-8-15(12)24-16)18(22)11-9-13(20)19(23)14(21)10-11;/h4-6,8-10,23H,2-3,7H2,1H3;1H. The second kappa shape index (κ2) is 8.73. The van der Waals surface area contributed by atoms with Crippen LogP contribution in [0.3, 0.4) is 0 Å². The number of aryl methyl sites for hydroxylation is 1. The van der Waals surface area contributed by atoms with Gasteiger partial charge in [-0.05, 0) is 69.8 Å². The number of fused-ring (bicyclic) bond motifs is 1. The zero-order chi connectivity index (χ0) is 17.3. The zero-order valence-electron chi connectivity index (χ0n) is 13.5. The molecule has 0 radical (unpaired) electrons. The first-order valence-electron chi connectivity index (χ1n) is 7.76. The maximum atomic E-state index is 13.2. The molecule has 3 aromatic rings. The lowest BCUT2D eigenvalue weighted by Crippen LogP contribution is -2.05. The van der Waals surface area contributed by atoms with Gasteiger partial charge >= 0.3 is 0 Å². The molecule has 0 aliphatic rings. The third kappa shape index (κ3) is 4.14. The lowest BCUT2D eigenvalue weighted by molar-refractivity contribution is 0.103. The Morgan fingerprint density at radius 3 is 2.44 bits per heavy atom. The van der Waals surface area contributed by atoms with Crippen LogP contribution in [0.15, 0.2) is 40.8 Å². The topological polar surface area (TPSA) is 50.4 Å². The highest BCUT2D eigenvalue weighted by Gasteiger charge is 2.22. The minimum absolute atomic E-state index is 0. The van der Waals surface area contributed by atoms with Crippen LogP contribution in [-0.4, -0.2) is 10.9 Å². The van der Waals surface area contributed by atoms with E-state index in [1.165, 1.54) is 0 Å². The van der Waals surface area contributed by atoms with Gasteiger partial charge in [0, 0.05) is 17.4 Å². The normalized spacial score (nSPS) is 10.7. The van der Waals surface area contributed by atoms with Gasteiger partial charge in [0.25, 0.3) is 0 Å². The number of halogens is 3. The second-order valence-electron chi connectivity index (χ2n) is 5.62. The number of aromatic hydroxyl groups is 1. The molecule has 1 aromatic heterocycles. The fourth-order valence-electron chi connectivity index (χ4n) is 2.70. The highest BCUT2D eigenvalue weighted by molar-refractivity contribution is 14.1. The number of unbranched alkanes of at least 4 members (excludes halogenated alkanes) is 1. The summed E-state index contributed by atoms with van der Waals surface area (Å²) < 4.78 is 7.30. The number of phenolic OH excluding ortho intramolecular Hbond substituents is 1. The van der Waals surface area contributed by atoms with E-state index in [-0.39, 0.29) is 23.9 Å². The van der Waals surface area contributed by atoms with Crippen molar-refractivity contribution in [2.24, 2.45) is 0 Å². The maximum Gasteiger partial charge on any atom is 0.197 e. The van der Waals surface area contributed by atoms with E-state index in [2.05, 4.69) is 6.92 Å². The molecule has 3 rings (SSSR count). The summed E-state index contributed by atoms with van der Waals surface area (Å²) in [6, 6.07) is 11.1. The van der Waals surface area contributed by atoms with Gasteiger partial charge < -0.3 is 9.52 Å². The van der Waals surface area contributed by atoms with Gasteiger partial charge in [0.15, 0.2) is 5.78 Å². The summed E-state index contributed by atoms with van der Waals surface area (Å²) in [6.07, 6.45) is 2.77. The molecule has 0 saturated carbocycles. The first-order chi connectivity index (χ1) is 11.5. The quantitative estimate of drug-likeness (QED) is 0.282. The predicted molar refractivity (Wildman–Crippen MR) is 119 cm³/mol. The number of para-hydroxylation sites is 1. The van der Waals surface area contributed by atoms with E-state index in [9.17, 15) is 9.90 Å². The molecule has 0 bridgehead atoms. The molecule has 0 spiro atoms. The van der Waals surface area contributed by atoms with Crippen molar-refractivity contribution in [3.63, 3.8) is 0 Å². The number of phenols is 1. The fourth-order valence-corrected chi connectivity index (χ4v) is 4.47. The van der Waals surface area contributed by atoms with Gasteiger partial charge in [-0.2, -0.15) is 0 Å². The molecule has 132 valence electrons. The van der Waals surface area contributed by atoms with E-state index < -0.39 is 0 Å². The SMILES string of the molecule is CCCCc1oc2ccccc2c1C(=O)c1cc(I)c(O)c(I)c1.Cl. The molecule has 1 heterocycles. The Kier molecular flexibility index (Phi) is 7.16. The molecule has 1 N–H and O–H groups in total. The van der Waals surface area contributed by atoms with Crippen LogP contribution in [0.4, 0.5) is 0 Å².